The SMILES string of the molecule is O=C(O)c1oc(-c2cccc(F)c2Cl)nc1C1CC1. The molecule has 0 saturated heterocycles. The van der Waals surface area contributed by atoms with Gasteiger partial charge in [-0.2, -0.15) is 0 Å². The molecule has 0 spiro atoms. The van der Waals surface area contributed by atoms with Crippen molar-refractivity contribution in [3.63, 3.8) is 0 Å². The van der Waals surface area contributed by atoms with Crippen LogP contribution in [0.1, 0.15) is 35.0 Å². The predicted molar refractivity (Wildman–Crippen MR) is 65.8 cm³/mol. The molecule has 1 N–H and O–H groups in total. The van der Waals surface area contributed by atoms with Crippen molar-refractivity contribution in [1.82, 2.24) is 4.98 Å². The molecular weight excluding hydrogens is 273 g/mol. The van der Waals surface area contributed by atoms with E-state index in [0.717, 1.165) is 12.8 Å². The van der Waals surface area contributed by atoms with Crippen LogP contribution in [0.3, 0.4) is 0 Å². The average molecular weight is 282 g/mol. The van der Waals surface area contributed by atoms with Crippen molar-refractivity contribution in [2.75, 3.05) is 0 Å². The minimum absolute atomic E-state index is 0.0452. The summed E-state index contributed by atoms with van der Waals surface area (Å²) < 4.78 is 18.6. The van der Waals surface area contributed by atoms with E-state index in [2.05, 4.69) is 4.98 Å². The number of carboxylic acids is 1. The third-order valence-corrected chi connectivity index (χ3v) is 3.38. The molecule has 19 heavy (non-hydrogen) atoms. The topological polar surface area (TPSA) is 63.3 Å². The van der Waals surface area contributed by atoms with Gasteiger partial charge in [-0.1, -0.05) is 17.7 Å². The van der Waals surface area contributed by atoms with Gasteiger partial charge >= 0.3 is 5.97 Å². The predicted octanol–water partition coefficient (Wildman–Crippen LogP) is 3.71. The Bertz CT molecular complexity index is 664. The molecule has 6 heteroatoms. The number of benzene rings is 1. The Hall–Kier alpha value is -1.88. The molecule has 1 heterocycles. The van der Waals surface area contributed by atoms with Gasteiger partial charge in [0.25, 0.3) is 0 Å². The van der Waals surface area contributed by atoms with Crippen LogP contribution in [-0.2, 0) is 0 Å². The van der Waals surface area contributed by atoms with E-state index in [1.165, 1.54) is 12.1 Å². The van der Waals surface area contributed by atoms with Crippen molar-refractivity contribution in [2.45, 2.75) is 18.8 Å². The van der Waals surface area contributed by atoms with E-state index in [0.29, 0.717) is 5.69 Å². The highest BCUT2D eigenvalue weighted by atomic mass is 35.5. The number of nitrogens with zero attached hydrogens (tertiary/aromatic N) is 1. The van der Waals surface area contributed by atoms with Crippen molar-refractivity contribution < 1.29 is 18.7 Å². The third kappa shape index (κ3) is 2.10. The highest BCUT2D eigenvalue weighted by molar-refractivity contribution is 6.33. The Morgan fingerprint density at radius 3 is 2.84 bits per heavy atom. The maximum Gasteiger partial charge on any atom is 0.373 e. The summed E-state index contributed by atoms with van der Waals surface area (Å²) in [6.45, 7) is 0. The van der Waals surface area contributed by atoms with Crippen LogP contribution in [-0.4, -0.2) is 16.1 Å². The van der Waals surface area contributed by atoms with Gasteiger partial charge in [0.05, 0.1) is 16.3 Å². The molecule has 1 aromatic carbocycles. The fraction of sp³-hybridized carbons (Fsp3) is 0.231. The number of aromatic nitrogens is 1. The number of rotatable bonds is 3. The van der Waals surface area contributed by atoms with Gasteiger partial charge in [-0.25, -0.2) is 14.2 Å². The Morgan fingerprint density at radius 2 is 2.21 bits per heavy atom. The Kier molecular flexibility index (Phi) is 2.78. The fourth-order valence-corrected chi connectivity index (χ4v) is 2.11. The maximum atomic E-state index is 13.4. The monoisotopic (exact) mass is 281 g/mol. The first-order valence-electron chi connectivity index (χ1n) is 5.76. The van der Waals surface area contributed by atoms with E-state index in [1.54, 1.807) is 6.07 Å². The van der Waals surface area contributed by atoms with Crippen LogP contribution in [0.15, 0.2) is 22.6 Å². The van der Waals surface area contributed by atoms with Crippen LogP contribution in [0.25, 0.3) is 11.5 Å². The first-order chi connectivity index (χ1) is 9.08. The molecule has 1 aliphatic carbocycles. The van der Waals surface area contributed by atoms with Gasteiger partial charge in [-0.15, -0.1) is 0 Å². The lowest BCUT2D eigenvalue weighted by molar-refractivity contribution is 0.0661. The zero-order valence-corrected chi connectivity index (χ0v) is 10.4. The number of hydrogen-bond donors (Lipinski definition) is 1. The quantitative estimate of drug-likeness (QED) is 0.931. The first kappa shape index (κ1) is 12.2. The van der Waals surface area contributed by atoms with Crippen molar-refractivity contribution in [3.05, 3.63) is 40.5 Å². The van der Waals surface area contributed by atoms with E-state index in [1.807, 2.05) is 0 Å². The van der Waals surface area contributed by atoms with E-state index in [9.17, 15) is 9.18 Å². The molecule has 0 radical (unpaired) electrons. The number of aromatic carboxylic acids is 1. The summed E-state index contributed by atoms with van der Waals surface area (Å²) >= 11 is 5.84. The second-order valence-corrected chi connectivity index (χ2v) is 4.79. The Balaban J connectivity index is 2.13. The smallest absolute Gasteiger partial charge is 0.373 e. The van der Waals surface area contributed by atoms with Gasteiger partial charge in [0.2, 0.25) is 11.7 Å². The van der Waals surface area contributed by atoms with Crippen LogP contribution in [0.2, 0.25) is 5.02 Å². The molecule has 2 aromatic rings. The normalized spacial score (nSPS) is 14.6. The second kappa shape index (κ2) is 4.35. The molecule has 0 bridgehead atoms. The number of oxazole rings is 1. The Labute approximate surface area is 112 Å². The van der Waals surface area contributed by atoms with Crippen LogP contribution in [0.4, 0.5) is 4.39 Å². The Morgan fingerprint density at radius 1 is 1.47 bits per heavy atom. The molecule has 1 saturated carbocycles. The number of carboxylic acid groups (broad SMARTS) is 1. The van der Waals surface area contributed by atoms with Gasteiger partial charge < -0.3 is 9.52 Å². The van der Waals surface area contributed by atoms with Crippen LogP contribution in [0, 0.1) is 5.82 Å². The molecule has 0 aliphatic heterocycles. The van der Waals surface area contributed by atoms with Crippen LogP contribution >= 0.6 is 11.6 Å². The van der Waals surface area contributed by atoms with E-state index in [4.69, 9.17) is 21.1 Å². The second-order valence-electron chi connectivity index (χ2n) is 4.41. The lowest BCUT2D eigenvalue weighted by Crippen LogP contribution is -1.98. The lowest BCUT2D eigenvalue weighted by Gasteiger charge is -1.99. The van der Waals surface area contributed by atoms with Gasteiger partial charge in [-0.3, -0.25) is 0 Å². The third-order valence-electron chi connectivity index (χ3n) is 2.99. The van der Waals surface area contributed by atoms with E-state index >= 15 is 0 Å². The molecule has 0 atom stereocenters. The molecule has 0 unspecified atom stereocenters. The van der Waals surface area contributed by atoms with Gasteiger partial charge in [-0.05, 0) is 25.0 Å². The van der Waals surface area contributed by atoms with Crippen molar-refractivity contribution in [2.24, 2.45) is 0 Å². The molecule has 4 nitrogen and oxygen atoms in total. The maximum absolute atomic E-state index is 13.4. The van der Waals surface area contributed by atoms with Crippen molar-refractivity contribution in [1.29, 1.82) is 0 Å². The van der Waals surface area contributed by atoms with Crippen molar-refractivity contribution in [3.8, 4) is 11.5 Å². The molecule has 1 aromatic heterocycles. The fourth-order valence-electron chi connectivity index (χ4n) is 1.90. The van der Waals surface area contributed by atoms with E-state index in [-0.39, 0.29) is 28.2 Å². The summed E-state index contributed by atoms with van der Waals surface area (Å²) in [5, 5.41) is 8.96. The summed E-state index contributed by atoms with van der Waals surface area (Å²) in [5.74, 6) is -1.78. The lowest BCUT2D eigenvalue weighted by atomic mass is 10.2. The molecule has 98 valence electrons. The van der Waals surface area contributed by atoms with Gasteiger partial charge in [0.1, 0.15) is 5.82 Å². The molecule has 3 rings (SSSR count). The highest BCUT2D eigenvalue weighted by Gasteiger charge is 2.34. The first-order valence-corrected chi connectivity index (χ1v) is 6.14. The summed E-state index contributed by atoms with van der Waals surface area (Å²) in [6.07, 6.45) is 1.78. The largest absolute Gasteiger partial charge is 0.475 e. The zero-order chi connectivity index (χ0) is 13.6. The molecule has 0 amide bonds. The van der Waals surface area contributed by atoms with Gasteiger partial charge in [0.15, 0.2) is 0 Å². The highest BCUT2D eigenvalue weighted by Crippen LogP contribution is 2.43. The van der Waals surface area contributed by atoms with E-state index < -0.39 is 11.8 Å². The number of hydrogen-bond acceptors (Lipinski definition) is 3. The molecular formula is C13H9ClFNO3. The minimum Gasteiger partial charge on any atom is -0.475 e. The standard InChI is InChI=1S/C13H9ClFNO3/c14-9-7(2-1-3-8(9)15)12-16-10(6-4-5-6)11(19-12)13(17)18/h1-3,6H,4-5H2,(H,17,18). The summed E-state index contributed by atoms with van der Waals surface area (Å²) in [5.41, 5.74) is 0.680. The number of carbonyl (C=O) groups is 1. The molecule has 1 aliphatic rings. The average Bonchev–Trinajstić information content (AvgIpc) is 3.12. The van der Waals surface area contributed by atoms with Crippen molar-refractivity contribution >= 4 is 17.6 Å². The summed E-state index contributed by atoms with van der Waals surface area (Å²) in [4.78, 5) is 15.3. The van der Waals surface area contributed by atoms with Crippen LogP contribution < -0.4 is 0 Å². The summed E-state index contributed by atoms with van der Waals surface area (Å²) in [6, 6.07) is 4.23. The summed E-state index contributed by atoms with van der Waals surface area (Å²) in [7, 11) is 0. The van der Waals surface area contributed by atoms with Crippen LogP contribution in [0.5, 0.6) is 0 Å². The minimum atomic E-state index is -1.17. The number of halogens is 2. The molecule has 1 fully saturated rings. The van der Waals surface area contributed by atoms with Gasteiger partial charge in [0, 0.05) is 5.92 Å². The zero-order valence-electron chi connectivity index (χ0n) is 9.69.